The maximum Gasteiger partial charge on any atom is 0.309 e. The summed E-state index contributed by atoms with van der Waals surface area (Å²) in [4.78, 5) is 31.8. The number of nitrogens with one attached hydrogen (secondary N) is 3. The molecule has 1 saturated heterocycles. The predicted molar refractivity (Wildman–Crippen MR) is 126 cm³/mol. The molecule has 0 spiro atoms. The molecule has 1 amide bonds. The lowest BCUT2D eigenvalue weighted by Crippen LogP contribution is -2.14. The number of esters is 1. The van der Waals surface area contributed by atoms with Crippen molar-refractivity contribution in [2.24, 2.45) is 11.8 Å². The summed E-state index contributed by atoms with van der Waals surface area (Å²) in [6.07, 6.45) is 3.60. The van der Waals surface area contributed by atoms with E-state index >= 15 is 0 Å². The molecule has 1 aliphatic heterocycles. The molecule has 33 heavy (non-hydrogen) atoms. The number of anilines is 3. The summed E-state index contributed by atoms with van der Waals surface area (Å²) in [6.45, 7) is 7.49. The van der Waals surface area contributed by atoms with Crippen LogP contribution in [0.15, 0.2) is 30.5 Å². The van der Waals surface area contributed by atoms with Gasteiger partial charge in [-0.2, -0.15) is 0 Å². The first-order valence-corrected chi connectivity index (χ1v) is 11.4. The number of carbonyl (C=O) groups excluding carboxylic acids is 2. The zero-order chi connectivity index (χ0) is 23.8. The van der Waals surface area contributed by atoms with Crippen LogP contribution < -0.4 is 10.6 Å². The Morgan fingerprint density at radius 1 is 1.30 bits per heavy atom. The van der Waals surface area contributed by atoms with Gasteiger partial charge < -0.3 is 25.5 Å². The van der Waals surface area contributed by atoms with E-state index < -0.39 is 0 Å². The largest absolute Gasteiger partial charge is 0.466 e. The number of rotatable bonds is 9. The van der Waals surface area contributed by atoms with Gasteiger partial charge in [-0.3, -0.25) is 9.59 Å². The number of carbonyl (C=O) groups is 2. The Morgan fingerprint density at radius 2 is 2.12 bits per heavy atom. The van der Waals surface area contributed by atoms with E-state index in [0.717, 1.165) is 18.7 Å². The Hall–Kier alpha value is -3.33. The van der Waals surface area contributed by atoms with E-state index in [0.29, 0.717) is 54.6 Å². The fourth-order valence-electron chi connectivity index (χ4n) is 3.79. The molecular formula is C24H31N5O4. The number of pyridine rings is 2. The maximum atomic E-state index is 12.0. The van der Waals surface area contributed by atoms with Crippen molar-refractivity contribution in [2.75, 3.05) is 30.5 Å². The molecule has 2 aromatic rings. The van der Waals surface area contributed by atoms with Gasteiger partial charge in [0, 0.05) is 47.7 Å². The van der Waals surface area contributed by atoms with Gasteiger partial charge in [-0.05, 0) is 31.9 Å². The molecule has 176 valence electrons. The van der Waals surface area contributed by atoms with Crippen molar-refractivity contribution >= 4 is 35.4 Å². The summed E-state index contributed by atoms with van der Waals surface area (Å²) in [6, 6.07) is 7.41. The summed E-state index contributed by atoms with van der Waals surface area (Å²) < 4.78 is 10.6. The fourth-order valence-corrected chi connectivity index (χ4v) is 3.79. The Kier molecular flexibility index (Phi) is 8.48. The minimum Gasteiger partial charge on any atom is -0.466 e. The predicted octanol–water partition coefficient (Wildman–Crippen LogP) is 3.89. The molecule has 0 radical (unpaired) electrons. The normalized spacial score (nSPS) is 20.8. The monoisotopic (exact) mass is 453 g/mol. The summed E-state index contributed by atoms with van der Waals surface area (Å²) in [7, 11) is 0. The SMILES string of the molecule is CC.CCOC(=O)C1CC1C(=N)c1cnc(NC=O)cc1Nc1cccc(C2CCOC2)n1. The van der Waals surface area contributed by atoms with Crippen LogP contribution in [0.4, 0.5) is 17.3 Å². The van der Waals surface area contributed by atoms with Crippen molar-refractivity contribution in [2.45, 2.75) is 39.5 Å². The standard InChI is InChI=1S/C22H25N5O4.C2H6/c1-2-31-22(29)15-8-14(15)21(23)16-10-24-20(25-12-28)9-18(16)27-19-5-3-4-17(26-19)13-6-7-30-11-13;1-2/h3-5,9-10,12-15,23H,2,6-8,11H2,1H3,(H2,24,25,26,27,28);1-2H3. The zero-order valence-corrected chi connectivity index (χ0v) is 19.3. The number of nitrogens with zero attached hydrogens (tertiary/aromatic N) is 2. The van der Waals surface area contributed by atoms with Crippen molar-refractivity contribution < 1.29 is 19.1 Å². The number of hydrogen-bond acceptors (Lipinski definition) is 8. The molecule has 3 atom stereocenters. The Balaban J connectivity index is 0.00000149. The van der Waals surface area contributed by atoms with Gasteiger partial charge in [-0.15, -0.1) is 0 Å². The molecule has 2 fully saturated rings. The van der Waals surface area contributed by atoms with Gasteiger partial charge >= 0.3 is 5.97 Å². The van der Waals surface area contributed by atoms with Crippen LogP contribution in [0.1, 0.15) is 50.8 Å². The van der Waals surface area contributed by atoms with Gasteiger partial charge in [-0.25, -0.2) is 9.97 Å². The van der Waals surface area contributed by atoms with Crippen molar-refractivity contribution in [3.63, 3.8) is 0 Å². The number of ether oxygens (including phenoxy) is 2. The molecule has 9 nitrogen and oxygen atoms in total. The molecule has 9 heteroatoms. The molecule has 3 N–H and O–H groups in total. The van der Waals surface area contributed by atoms with Crippen LogP contribution in [-0.4, -0.2) is 47.9 Å². The average Bonchev–Trinajstić information content (AvgIpc) is 3.45. The lowest BCUT2D eigenvalue weighted by atomic mass is 10.0. The van der Waals surface area contributed by atoms with Gasteiger partial charge in [0.25, 0.3) is 0 Å². The molecule has 4 rings (SSSR count). The third kappa shape index (κ3) is 5.92. The third-order valence-corrected chi connectivity index (χ3v) is 5.53. The number of amides is 1. The fraction of sp³-hybridized carbons (Fsp3) is 0.458. The summed E-state index contributed by atoms with van der Waals surface area (Å²) in [5.74, 6) is 0.470. The second-order valence-corrected chi connectivity index (χ2v) is 7.62. The molecular weight excluding hydrogens is 422 g/mol. The minimum absolute atomic E-state index is 0.207. The van der Waals surface area contributed by atoms with E-state index in [-0.39, 0.29) is 23.7 Å². The van der Waals surface area contributed by atoms with Crippen LogP contribution in [0.25, 0.3) is 0 Å². The molecule has 1 aliphatic carbocycles. The Morgan fingerprint density at radius 3 is 2.82 bits per heavy atom. The van der Waals surface area contributed by atoms with Crippen LogP contribution in [-0.2, 0) is 19.1 Å². The number of aromatic nitrogens is 2. The third-order valence-electron chi connectivity index (χ3n) is 5.53. The lowest BCUT2D eigenvalue weighted by Gasteiger charge is -2.15. The van der Waals surface area contributed by atoms with Crippen molar-refractivity contribution in [3.05, 3.63) is 41.7 Å². The first kappa shape index (κ1) is 24.3. The topological polar surface area (TPSA) is 126 Å². The van der Waals surface area contributed by atoms with Crippen LogP contribution in [0, 0.1) is 17.2 Å². The summed E-state index contributed by atoms with van der Waals surface area (Å²) in [5, 5.41) is 14.4. The van der Waals surface area contributed by atoms with Gasteiger partial charge in [0.1, 0.15) is 11.6 Å². The lowest BCUT2D eigenvalue weighted by molar-refractivity contribution is -0.144. The second kappa shape index (κ2) is 11.5. The zero-order valence-electron chi connectivity index (χ0n) is 19.3. The second-order valence-electron chi connectivity index (χ2n) is 7.62. The molecule has 3 heterocycles. The highest BCUT2D eigenvalue weighted by Gasteiger charge is 2.47. The summed E-state index contributed by atoms with van der Waals surface area (Å²) >= 11 is 0. The van der Waals surface area contributed by atoms with E-state index in [1.165, 1.54) is 6.20 Å². The number of hydrogen-bond donors (Lipinski definition) is 3. The van der Waals surface area contributed by atoms with Crippen molar-refractivity contribution in [1.29, 1.82) is 5.41 Å². The van der Waals surface area contributed by atoms with Gasteiger partial charge in [0.15, 0.2) is 0 Å². The Bertz CT molecular complexity index is 991. The summed E-state index contributed by atoms with van der Waals surface area (Å²) in [5.41, 5.74) is 2.41. The van der Waals surface area contributed by atoms with Gasteiger partial charge in [-0.1, -0.05) is 19.9 Å². The van der Waals surface area contributed by atoms with Crippen molar-refractivity contribution in [1.82, 2.24) is 9.97 Å². The van der Waals surface area contributed by atoms with Gasteiger partial charge in [0.05, 0.1) is 24.8 Å². The average molecular weight is 454 g/mol. The molecule has 3 unspecified atom stereocenters. The molecule has 2 aromatic heterocycles. The highest BCUT2D eigenvalue weighted by atomic mass is 16.5. The van der Waals surface area contributed by atoms with E-state index in [4.69, 9.17) is 19.9 Å². The first-order valence-electron chi connectivity index (χ1n) is 11.4. The molecule has 0 aromatic carbocycles. The van der Waals surface area contributed by atoms with Crippen molar-refractivity contribution in [3.8, 4) is 0 Å². The van der Waals surface area contributed by atoms with E-state index in [1.54, 1.807) is 13.0 Å². The van der Waals surface area contributed by atoms with Gasteiger partial charge in [0.2, 0.25) is 6.41 Å². The first-order chi connectivity index (χ1) is 16.1. The minimum atomic E-state index is -0.295. The van der Waals surface area contributed by atoms with E-state index in [9.17, 15) is 9.59 Å². The maximum absolute atomic E-state index is 12.0. The quantitative estimate of drug-likeness (QED) is 0.299. The Labute approximate surface area is 193 Å². The molecule has 0 bridgehead atoms. The van der Waals surface area contributed by atoms with Crippen LogP contribution >= 0.6 is 0 Å². The van der Waals surface area contributed by atoms with Crippen LogP contribution in [0.5, 0.6) is 0 Å². The molecule has 2 aliphatic rings. The smallest absolute Gasteiger partial charge is 0.309 e. The molecule has 1 saturated carbocycles. The van der Waals surface area contributed by atoms with Crippen LogP contribution in [0.3, 0.4) is 0 Å². The highest BCUT2D eigenvalue weighted by Crippen LogP contribution is 2.43. The van der Waals surface area contributed by atoms with Crippen LogP contribution in [0.2, 0.25) is 0 Å². The highest BCUT2D eigenvalue weighted by molar-refractivity contribution is 6.08. The van der Waals surface area contributed by atoms with E-state index in [2.05, 4.69) is 15.6 Å². The van der Waals surface area contributed by atoms with E-state index in [1.807, 2.05) is 32.0 Å².